The topological polar surface area (TPSA) is 83.0 Å². The van der Waals surface area contributed by atoms with E-state index in [0.29, 0.717) is 18.7 Å². The van der Waals surface area contributed by atoms with Gasteiger partial charge in [-0.3, -0.25) is 0 Å². The van der Waals surface area contributed by atoms with Crippen LogP contribution in [-0.4, -0.2) is 44.4 Å². The summed E-state index contributed by atoms with van der Waals surface area (Å²) in [5.74, 6) is 0.516. The third-order valence-electron chi connectivity index (χ3n) is 5.06. The molecule has 1 unspecified atom stereocenters. The highest BCUT2D eigenvalue weighted by molar-refractivity contribution is 5.63. The molecule has 1 aromatic heterocycles. The summed E-state index contributed by atoms with van der Waals surface area (Å²) in [4.78, 5) is 12.8. The van der Waals surface area contributed by atoms with Crippen LogP contribution in [0, 0.1) is 0 Å². The Kier molecular flexibility index (Phi) is 6.18. The average Bonchev–Trinajstić information content (AvgIpc) is 3.11. The lowest BCUT2D eigenvalue weighted by atomic mass is 9.97. The smallest absolute Gasteiger partial charge is 0.389 e. The van der Waals surface area contributed by atoms with Gasteiger partial charge in [0.05, 0.1) is 6.10 Å². The number of nitrogens with zero attached hydrogens (tertiary/aromatic N) is 3. The van der Waals surface area contributed by atoms with Gasteiger partial charge in [0, 0.05) is 6.04 Å². The van der Waals surface area contributed by atoms with Gasteiger partial charge in [-0.25, -0.2) is 0 Å². The van der Waals surface area contributed by atoms with Crippen molar-refractivity contribution in [3.05, 3.63) is 11.9 Å². The van der Waals surface area contributed by atoms with Crippen LogP contribution >= 0.6 is 0 Å². The SMILES string of the molecule is CC[C@@H](Nc1nc(NC2CCCC2)nc(C2=CC(O)CCC2)n1)C(F)(F)F. The monoisotopic (exact) mass is 385 g/mol. The fourth-order valence-electron chi connectivity index (χ4n) is 3.56. The molecule has 0 aliphatic heterocycles. The Morgan fingerprint density at radius 1 is 1.11 bits per heavy atom. The van der Waals surface area contributed by atoms with Crippen molar-refractivity contribution in [3.8, 4) is 0 Å². The number of nitrogens with one attached hydrogen (secondary N) is 2. The maximum Gasteiger partial charge on any atom is 0.408 e. The van der Waals surface area contributed by atoms with Crippen LogP contribution in [0.3, 0.4) is 0 Å². The normalized spacial score (nSPS) is 22.4. The molecule has 0 amide bonds. The molecule has 1 aromatic rings. The van der Waals surface area contributed by atoms with Crippen molar-refractivity contribution in [2.75, 3.05) is 10.6 Å². The Labute approximate surface area is 156 Å². The molecule has 0 spiro atoms. The number of hydrogen-bond donors (Lipinski definition) is 3. The van der Waals surface area contributed by atoms with E-state index in [1.54, 1.807) is 6.08 Å². The molecule has 3 rings (SSSR count). The summed E-state index contributed by atoms with van der Waals surface area (Å²) in [6.45, 7) is 1.46. The largest absolute Gasteiger partial charge is 0.408 e. The van der Waals surface area contributed by atoms with E-state index in [1.807, 2.05) is 0 Å². The Morgan fingerprint density at radius 2 is 1.81 bits per heavy atom. The highest BCUT2D eigenvalue weighted by atomic mass is 19.4. The molecule has 2 aliphatic carbocycles. The Morgan fingerprint density at radius 3 is 2.44 bits per heavy atom. The van der Waals surface area contributed by atoms with Crippen LogP contribution in [0.2, 0.25) is 0 Å². The minimum absolute atomic E-state index is 0.0920. The van der Waals surface area contributed by atoms with Gasteiger partial charge in [-0.05, 0) is 50.2 Å². The Bertz CT molecular complexity index is 673. The van der Waals surface area contributed by atoms with E-state index in [4.69, 9.17) is 0 Å². The second-order valence-electron chi connectivity index (χ2n) is 7.23. The number of halogens is 3. The van der Waals surface area contributed by atoms with E-state index in [-0.39, 0.29) is 24.4 Å². The minimum atomic E-state index is -4.39. The molecule has 6 nitrogen and oxygen atoms in total. The van der Waals surface area contributed by atoms with Crippen molar-refractivity contribution in [2.45, 2.75) is 82.7 Å². The Hall–Kier alpha value is -1.90. The lowest BCUT2D eigenvalue weighted by Gasteiger charge is -2.22. The van der Waals surface area contributed by atoms with E-state index < -0.39 is 18.3 Å². The summed E-state index contributed by atoms with van der Waals surface area (Å²) >= 11 is 0. The number of allylic oxidation sites excluding steroid dienone is 1. The zero-order chi connectivity index (χ0) is 19.4. The van der Waals surface area contributed by atoms with Gasteiger partial charge in [-0.15, -0.1) is 0 Å². The summed E-state index contributed by atoms with van der Waals surface area (Å²) in [5, 5.41) is 15.5. The quantitative estimate of drug-likeness (QED) is 0.689. The number of aliphatic hydroxyl groups is 1. The summed E-state index contributed by atoms with van der Waals surface area (Å²) in [6, 6.07) is -1.50. The predicted molar refractivity (Wildman–Crippen MR) is 97.3 cm³/mol. The first kappa shape index (κ1) is 19.9. The molecule has 2 atom stereocenters. The molecule has 1 saturated carbocycles. The summed E-state index contributed by atoms with van der Waals surface area (Å²) in [7, 11) is 0. The summed E-state index contributed by atoms with van der Waals surface area (Å²) in [5.41, 5.74) is 0.744. The highest BCUT2D eigenvalue weighted by Gasteiger charge is 2.39. The van der Waals surface area contributed by atoms with Crippen LogP contribution in [0.15, 0.2) is 6.08 Å². The molecule has 2 aliphatic rings. The van der Waals surface area contributed by atoms with Crippen molar-refractivity contribution in [2.24, 2.45) is 0 Å². The maximum absolute atomic E-state index is 13.1. The number of alkyl halides is 3. The summed E-state index contributed by atoms with van der Waals surface area (Å²) in [6.07, 6.45) is 2.93. The minimum Gasteiger partial charge on any atom is -0.389 e. The van der Waals surface area contributed by atoms with Crippen LogP contribution in [-0.2, 0) is 0 Å². The van der Waals surface area contributed by atoms with E-state index in [2.05, 4.69) is 25.6 Å². The van der Waals surface area contributed by atoms with Gasteiger partial charge in [0.2, 0.25) is 11.9 Å². The molecule has 27 heavy (non-hydrogen) atoms. The fourth-order valence-corrected chi connectivity index (χ4v) is 3.56. The molecule has 150 valence electrons. The summed E-state index contributed by atoms with van der Waals surface area (Å²) < 4.78 is 39.4. The van der Waals surface area contributed by atoms with Gasteiger partial charge in [0.15, 0.2) is 5.82 Å². The van der Waals surface area contributed by atoms with E-state index in [0.717, 1.165) is 37.7 Å². The predicted octanol–water partition coefficient (Wildman–Crippen LogP) is 3.91. The van der Waals surface area contributed by atoms with E-state index in [9.17, 15) is 18.3 Å². The number of aromatic nitrogens is 3. The molecule has 0 aromatic carbocycles. The first-order chi connectivity index (χ1) is 12.8. The van der Waals surface area contributed by atoms with Crippen molar-refractivity contribution < 1.29 is 18.3 Å². The molecule has 0 radical (unpaired) electrons. The fraction of sp³-hybridized carbons (Fsp3) is 0.722. The van der Waals surface area contributed by atoms with Gasteiger partial charge < -0.3 is 15.7 Å². The van der Waals surface area contributed by atoms with Crippen molar-refractivity contribution in [1.29, 1.82) is 0 Å². The number of anilines is 2. The third kappa shape index (κ3) is 5.31. The van der Waals surface area contributed by atoms with Crippen molar-refractivity contribution in [1.82, 2.24) is 15.0 Å². The molecular formula is C18H26F3N5O. The van der Waals surface area contributed by atoms with Gasteiger partial charge in [-0.2, -0.15) is 28.1 Å². The van der Waals surface area contributed by atoms with Crippen LogP contribution in [0.25, 0.3) is 5.57 Å². The van der Waals surface area contributed by atoms with Crippen LogP contribution in [0.1, 0.15) is 64.1 Å². The van der Waals surface area contributed by atoms with Crippen LogP contribution < -0.4 is 10.6 Å². The van der Waals surface area contributed by atoms with E-state index in [1.165, 1.54) is 6.92 Å². The average molecular weight is 385 g/mol. The second kappa shape index (κ2) is 8.41. The zero-order valence-electron chi connectivity index (χ0n) is 15.4. The van der Waals surface area contributed by atoms with Crippen molar-refractivity contribution >= 4 is 17.5 Å². The van der Waals surface area contributed by atoms with Crippen LogP contribution in [0.5, 0.6) is 0 Å². The lowest BCUT2D eigenvalue weighted by molar-refractivity contribution is -0.143. The molecule has 1 fully saturated rings. The number of rotatable bonds is 6. The van der Waals surface area contributed by atoms with Gasteiger partial charge in [0.25, 0.3) is 0 Å². The van der Waals surface area contributed by atoms with Crippen molar-refractivity contribution in [3.63, 3.8) is 0 Å². The first-order valence-electron chi connectivity index (χ1n) is 9.60. The van der Waals surface area contributed by atoms with Gasteiger partial charge in [0.1, 0.15) is 6.04 Å². The molecule has 0 bridgehead atoms. The molecule has 3 N–H and O–H groups in total. The highest BCUT2D eigenvalue weighted by Crippen LogP contribution is 2.29. The van der Waals surface area contributed by atoms with Gasteiger partial charge >= 0.3 is 6.18 Å². The lowest BCUT2D eigenvalue weighted by Crippen LogP contribution is -2.36. The standard InChI is InChI=1S/C18H26F3N5O/c1-2-14(18(19,20)21)23-17-25-15(11-6-5-9-13(27)10-11)24-16(26-17)22-12-7-3-4-8-12/h10,12-14,27H,2-9H2,1H3,(H2,22,23,24,25,26)/t13?,14-/m1/s1. The Balaban J connectivity index is 1.89. The zero-order valence-corrected chi connectivity index (χ0v) is 15.4. The first-order valence-corrected chi connectivity index (χ1v) is 9.60. The number of aliphatic hydroxyl groups excluding tert-OH is 1. The molecule has 1 heterocycles. The molecular weight excluding hydrogens is 359 g/mol. The van der Waals surface area contributed by atoms with Gasteiger partial charge in [-0.1, -0.05) is 19.8 Å². The molecule has 9 heteroatoms. The third-order valence-corrected chi connectivity index (χ3v) is 5.06. The second-order valence-corrected chi connectivity index (χ2v) is 7.23. The molecule has 0 saturated heterocycles. The number of hydrogen-bond acceptors (Lipinski definition) is 6. The van der Waals surface area contributed by atoms with Crippen LogP contribution in [0.4, 0.5) is 25.1 Å². The maximum atomic E-state index is 13.1. The van der Waals surface area contributed by atoms with E-state index >= 15 is 0 Å².